The molecule has 1 fully saturated rings. The number of hydrogen-bond acceptors (Lipinski definition) is 5. The number of hydrogen-bond donors (Lipinski definition) is 1. The van der Waals surface area contributed by atoms with Crippen molar-refractivity contribution in [3.8, 4) is 0 Å². The van der Waals surface area contributed by atoms with Gasteiger partial charge in [0.1, 0.15) is 17.7 Å². The van der Waals surface area contributed by atoms with Crippen LogP contribution in [0.15, 0.2) is 24.3 Å². The molecule has 5 nitrogen and oxygen atoms in total. The Morgan fingerprint density at radius 2 is 2.17 bits per heavy atom. The second-order valence-corrected chi connectivity index (χ2v) is 7.04. The number of rotatable bonds is 5. The molecule has 1 amide bonds. The molecule has 0 saturated carbocycles. The first kappa shape index (κ1) is 16.8. The van der Waals surface area contributed by atoms with Crippen LogP contribution in [0.3, 0.4) is 0 Å². The lowest BCUT2D eigenvalue weighted by Gasteiger charge is -2.23. The van der Waals surface area contributed by atoms with E-state index in [1.165, 1.54) is 23.7 Å². The van der Waals surface area contributed by atoms with E-state index < -0.39 is 0 Å². The van der Waals surface area contributed by atoms with Crippen LogP contribution in [0.5, 0.6) is 0 Å². The lowest BCUT2D eigenvalue weighted by atomic mass is 10.1. The van der Waals surface area contributed by atoms with Crippen molar-refractivity contribution in [3.05, 3.63) is 41.5 Å². The Hall–Kier alpha value is -2.02. The summed E-state index contributed by atoms with van der Waals surface area (Å²) in [6, 6.07) is 6.32. The maximum Gasteiger partial charge on any atom is 0.242 e. The average Bonchev–Trinajstić information content (AvgIpc) is 3.17. The predicted octanol–water partition coefficient (Wildman–Crippen LogP) is 2.76. The van der Waals surface area contributed by atoms with E-state index in [2.05, 4.69) is 14.7 Å². The molecule has 0 radical (unpaired) electrons. The van der Waals surface area contributed by atoms with Crippen molar-refractivity contribution in [3.63, 3.8) is 0 Å². The molecular formula is C17H21FN4OS. The van der Waals surface area contributed by atoms with Crippen molar-refractivity contribution in [1.82, 2.24) is 14.7 Å². The smallest absolute Gasteiger partial charge is 0.242 e. The first-order chi connectivity index (χ1) is 11.5. The van der Waals surface area contributed by atoms with Crippen molar-refractivity contribution < 1.29 is 9.18 Å². The molecule has 1 aromatic carbocycles. The standard InChI is InChI=1S/C17H21FN4OS/c1-11(2)19-16(23)14-4-3-9-22(14)17-20-15(21-24-17)10-12-5-7-13(18)8-6-12/h5-8,11,14H,3-4,9-10H2,1-2H3,(H,19,23)/t14-/m0/s1. The van der Waals surface area contributed by atoms with Gasteiger partial charge in [-0.15, -0.1) is 0 Å². The summed E-state index contributed by atoms with van der Waals surface area (Å²) in [5, 5.41) is 3.76. The van der Waals surface area contributed by atoms with Crippen molar-refractivity contribution >= 4 is 22.6 Å². The average molecular weight is 348 g/mol. The quantitative estimate of drug-likeness (QED) is 0.903. The molecule has 1 N–H and O–H groups in total. The van der Waals surface area contributed by atoms with Crippen LogP contribution < -0.4 is 10.2 Å². The van der Waals surface area contributed by atoms with Crippen LogP contribution in [0, 0.1) is 5.82 Å². The lowest BCUT2D eigenvalue weighted by Crippen LogP contribution is -2.45. The first-order valence-electron chi connectivity index (χ1n) is 8.17. The molecule has 1 aromatic heterocycles. The molecule has 0 aliphatic carbocycles. The molecule has 0 unspecified atom stereocenters. The Morgan fingerprint density at radius 1 is 1.42 bits per heavy atom. The van der Waals surface area contributed by atoms with E-state index in [0.717, 1.165) is 30.1 Å². The largest absolute Gasteiger partial charge is 0.352 e. The summed E-state index contributed by atoms with van der Waals surface area (Å²) >= 11 is 1.32. The minimum atomic E-state index is -0.248. The number of aromatic nitrogens is 2. The molecular weight excluding hydrogens is 327 g/mol. The van der Waals surface area contributed by atoms with E-state index in [4.69, 9.17) is 0 Å². The number of carbonyl (C=O) groups is 1. The maximum atomic E-state index is 13.0. The minimum absolute atomic E-state index is 0.0535. The van der Waals surface area contributed by atoms with Gasteiger partial charge in [-0.3, -0.25) is 4.79 Å². The topological polar surface area (TPSA) is 58.1 Å². The minimum Gasteiger partial charge on any atom is -0.352 e. The van der Waals surface area contributed by atoms with Gasteiger partial charge in [-0.1, -0.05) is 12.1 Å². The van der Waals surface area contributed by atoms with Gasteiger partial charge in [-0.05, 0) is 44.4 Å². The van der Waals surface area contributed by atoms with E-state index in [0.29, 0.717) is 12.2 Å². The molecule has 0 bridgehead atoms. The number of carbonyl (C=O) groups excluding carboxylic acids is 1. The summed E-state index contributed by atoms with van der Waals surface area (Å²) in [6.07, 6.45) is 2.38. The molecule has 1 saturated heterocycles. The Kier molecular flexibility index (Phi) is 5.08. The van der Waals surface area contributed by atoms with Crippen molar-refractivity contribution in [2.45, 2.75) is 45.2 Å². The Labute approximate surface area is 145 Å². The Balaban J connectivity index is 1.70. The van der Waals surface area contributed by atoms with Gasteiger partial charge in [0.2, 0.25) is 11.0 Å². The monoisotopic (exact) mass is 348 g/mol. The third kappa shape index (κ3) is 3.90. The zero-order valence-electron chi connectivity index (χ0n) is 13.8. The van der Waals surface area contributed by atoms with Gasteiger partial charge in [0.15, 0.2) is 0 Å². The van der Waals surface area contributed by atoms with E-state index in [-0.39, 0.29) is 23.8 Å². The fourth-order valence-electron chi connectivity index (χ4n) is 2.87. The van der Waals surface area contributed by atoms with Gasteiger partial charge in [-0.25, -0.2) is 9.37 Å². The van der Waals surface area contributed by atoms with Gasteiger partial charge >= 0.3 is 0 Å². The summed E-state index contributed by atoms with van der Waals surface area (Å²) in [6.45, 7) is 4.74. The van der Waals surface area contributed by atoms with Crippen LogP contribution in [0.2, 0.25) is 0 Å². The molecule has 128 valence electrons. The third-order valence-corrected chi connectivity index (χ3v) is 4.76. The number of nitrogens with one attached hydrogen (secondary N) is 1. The highest BCUT2D eigenvalue weighted by molar-refractivity contribution is 7.09. The fraction of sp³-hybridized carbons (Fsp3) is 0.471. The molecule has 2 aromatic rings. The SMILES string of the molecule is CC(C)NC(=O)[C@@H]1CCCN1c1nc(Cc2ccc(F)cc2)ns1. The summed E-state index contributed by atoms with van der Waals surface area (Å²) < 4.78 is 17.4. The molecule has 2 heterocycles. The number of nitrogens with zero attached hydrogens (tertiary/aromatic N) is 3. The zero-order chi connectivity index (χ0) is 17.1. The number of halogens is 1. The van der Waals surface area contributed by atoms with Crippen LogP contribution in [0.1, 0.15) is 38.1 Å². The lowest BCUT2D eigenvalue weighted by molar-refractivity contribution is -0.122. The van der Waals surface area contributed by atoms with Crippen LogP contribution in [-0.2, 0) is 11.2 Å². The van der Waals surface area contributed by atoms with E-state index in [1.807, 2.05) is 18.7 Å². The fourth-order valence-corrected chi connectivity index (χ4v) is 3.63. The highest BCUT2D eigenvalue weighted by Crippen LogP contribution is 2.27. The second-order valence-electron chi connectivity index (χ2n) is 6.31. The van der Waals surface area contributed by atoms with Gasteiger partial charge in [0.05, 0.1) is 0 Å². The summed E-state index contributed by atoms with van der Waals surface area (Å²) in [5.41, 5.74) is 0.969. The van der Waals surface area contributed by atoms with Crippen molar-refractivity contribution in [2.24, 2.45) is 0 Å². The molecule has 24 heavy (non-hydrogen) atoms. The van der Waals surface area contributed by atoms with Crippen LogP contribution in [-0.4, -0.2) is 33.9 Å². The zero-order valence-corrected chi connectivity index (χ0v) is 14.6. The number of amides is 1. The van der Waals surface area contributed by atoms with Crippen LogP contribution in [0.25, 0.3) is 0 Å². The first-order valence-corrected chi connectivity index (χ1v) is 8.94. The number of anilines is 1. The summed E-state index contributed by atoms with van der Waals surface area (Å²) in [7, 11) is 0. The van der Waals surface area contributed by atoms with E-state index in [9.17, 15) is 9.18 Å². The van der Waals surface area contributed by atoms with E-state index in [1.54, 1.807) is 12.1 Å². The second kappa shape index (κ2) is 7.25. The molecule has 1 atom stereocenters. The van der Waals surface area contributed by atoms with Gasteiger partial charge < -0.3 is 10.2 Å². The number of benzene rings is 1. The molecule has 1 aliphatic rings. The summed E-state index contributed by atoms with van der Waals surface area (Å²) in [5.74, 6) is 0.510. The maximum absolute atomic E-state index is 13.0. The predicted molar refractivity (Wildman–Crippen MR) is 92.8 cm³/mol. The molecule has 0 spiro atoms. The third-order valence-electron chi connectivity index (χ3n) is 3.96. The molecule has 7 heteroatoms. The van der Waals surface area contributed by atoms with E-state index >= 15 is 0 Å². The van der Waals surface area contributed by atoms with Crippen LogP contribution in [0.4, 0.5) is 9.52 Å². The van der Waals surface area contributed by atoms with Gasteiger partial charge in [0, 0.05) is 30.5 Å². The summed E-state index contributed by atoms with van der Waals surface area (Å²) in [4.78, 5) is 19.0. The highest BCUT2D eigenvalue weighted by atomic mass is 32.1. The van der Waals surface area contributed by atoms with Crippen molar-refractivity contribution in [1.29, 1.82) is 0 Å². The molecule has 3 rings (SSSR count). The van der Waals surface area contributed by atoms with Crippen molar-refractivity contribution in [2.75, 3.05) is 11.4 Å². The van der Waals surface area contributed by atoms with Gasteiger partial charge in [0.25, 0.3) is 0 Å². The van der Waals surface area contributed by atoms with Gasteiger partial charge in [-0.2, -0.15) is 4.37 Å². The van der Waals surface area contributed by atoms with Crippen LogP contribution >= 0.6 is 11.5 Å². The molecule has 1 aliphatic heterocycles. The Morgan fingerprint density at radius 3 is 2.88 bits per heavy atom. The normalized spacial score (nSPS) is 17.5. The highest BCUT2D eigenvalue weighted by Gasteiger charge is 2.33. The Bertz CT molecular complexity index is 701.